The number of amides is 2. The van der Waals surface area contributed by atoms with Crippen LogP contribution in [-0.4, -0.2) is 46.9 Å². The van der Waals surface area contributed by atoms with Crippen molar-refractivity contribution in [2.24, 2.45) is 0 Å². The lowest BCUT2D eigenvalue weighted by Crippen LogP contribution is -2.46. The zero-order chi connectivity index (χ0) is 16.0. The molecule has 0 aromatic carbocycles. The van der Waals surface area contributed by atoms with Gasteiger partial charge in [0.15, 0.2) is 0 Å². The molecule has 2 N–H and O–H groups in total. The summed E-state index contributed by atoms with van der Waals surface area (Å²) in [5.41, 5.74) is 0.909. The van der Waals surface area contributed by atoms with E-state index < -0.39 is 12.0 Å². The minimum atomic E-state index is -1.07. The van der Waals surface area contributed by atoms with Gasteiger partial charge in [-0.15, -0.1) is 11.3 Å². The lowest BCUT2D eigenvalue weighted by Gasteiger charge is -2.26. The first-order valence-electron chi connectivity index (χ1n) is 6.73. The van der Waals surface area contributed by atoms with Crippen LogP contribution in [0.1, 0.15) is 36.0 Å². The molecule has 7 heteroatoms. The molecule has 0 aliphatic heterocycles. The number of nitrogens with zero attached hydrogens (tertiary/aromatic N) is 1. The van der Waals surface area contributed by atoms with Crippen molar-refractivity contribution in [2.45, 2.75) is 33.2 Å². The van der Waals surface area contributed by atoms with Crippen LogP contribution in [0.5, 0.6) is 0 Å². The van der Waals surface area contributed by atoms with Crippen LogP contribution < -0.4 is 5.32 Å². The van der Waals surface area contributed by atoms with Crippen LogP contribution in [0.25, 0.3) is 0 Å². The molecule has 0 fully saturated rings. The number of hydrogen-bond donors (Lipinski definition) is 2. The number of carbonyl (C=O) groups is 3. The maximum Gasteiger partial charge on any atom is 0.326 e. The minimum absolute atomic E-state index is 0.160. The van der Waals surface area contributed by atoms with Crippen LogP contribution in [0, 0.1) is 0 Å². The van der Waals surface area contributed by atoms with E-state index in [9.17, 15) is 14.4 Å². The Bertz CT molecular complexity index is 527. The molecule has 6 nitrogen and oxygen atoms in total. The third-order valence-corrected chi connectivity index (χ3v) is 4.08. The number of carboxylic acids is 1. The van der Waals surface area contributed by atoms with E-state index in [0.717, 1.165) is 5.56 Å². The normalized spacial score (nSPS) is 11.8. The molecule has 116 valence electrons. The Morgan fingerprint density at radius 3 is 2.62 bits per heavy atom. The van der Waals surface area contributed by atoms with Crippen LogP contribution in [0.15, 0.2) is 11.4 Å². The summed E-state index contributed by atoms with van der Waals surface area (Å²) in [7, 11) is 0. The van der Waals surface area contributed by atoms with E-state index in [-0.39, 0.29) is 24.9 Å². The van der Waals surface area contributed by atoms with Crippen molar-refractivity contribution >= 4 is 29.1 Å². The van der Waals surface area contributed by atoms with E-state index in [1.807, 2.05) is 18.4 Å². The lowest BCUT2D eigenvalue weighted by molar-refractivity contribution is -0.141. The fourth-order valence-electron chi connectivity index (χ4n) is 1.89. The molecule has 1 rings (SSSR count). The van der Waals surface area contributed by atoms with Crippen molar-refractivity contribution in [2.75, 3.05) is 13.1 Å². The Kier molecular flexibility index (Phi) is 6.36. The topological polar surface area (TPSA) is 86.7 Å². The summed E-state index contributed by atoms with van der Waals surface area (Å²) >= 11 is 1.31. The van der Waals surface area contributed by atoms with E-state index in [0.29, 0.717) is 11.3 Å². The summed E-state index contributed by atoms with van der Waals surface area (Å²) in [4.78, 5) is 36.5. The molecule has 21 heavy (non-hydrogen) atoms. The van der Waals surface area contributed by atoms with Gasteiger partial charge in [-0.3, -0.25) is 9.59 Å². The zero-order valence-electron chi connectivity index (χ0n) is 12.4. The molecule has 0 spiro atoms. The quantitative estimate of drug-likeness (QED) is 0.796. The summed E-state index contributed by atoms with van der Waals surface area (Å²) < 4.78 is 0. The number of nitrogens with one attached hydrogen (secondary N) is 1. The second kappa shape index (κ2) is 7.78. The highest BCUT2D eigenvalue weighted by Gasteiger charge is 2.28. The van der Waals surface area contributed by atoms with E-state index in [2.05, 4.69) is 5.32 Å². The van der Waals surface area contributed by atoms with Crippen LogP contribution in [0.4, 0.5) is 0 Å². The molecular weight excluding hydrogens is 292 g/mol. The molecular formula is C14H20N2O4S. The average molecular weight is 312 g/mol. The van der Waals surface area contributed by atoms with Crippen molar-refractivity contribution in [3.8, 4) is 0 Å². The van der Waals surface area contributed by atoms with Crippen LogP contribution >= 0.6 is 11.3 Å². The Morgan fingerprint density at radius 1 is 1.43 bits per heavy atom. The Balaban J connectivity index is 2.92. The highest BCUT2D eigenvalue weighted by molar-refractivity contribution is 7.12. The van der Waals surface area contributed by atoms with E-state index in [4.69, 9.17) is 5.11 Å². The monoisotopic (exact) mass is 312 g/mol. The van der Waals surface area contributed by atoms with Gasteiger partial charge in [-0.1, -0.05) is 6.92 Å². The van der Waals surface area contributed by atoms with Crippen molar-refractivity contribution in [1.82, 2.24) is 10.2 Å². The SMILES string of the molecule is CCc1ccsc1C(=O)N(CCNC(C)=O)C(C)C(=O)O. The fourth-order valence-corrected chi connectivity index (χ4v) is 2.84. The van der Waals surface area contributed by atoms with Crippen molar-refractivity contribution in [1.29, 1.82) is 0 Å². The lowest BCUT2D eigenvalue weighted by atomic mass is 10.1. The number of carbonyl (C=O) groups excluding carboxylic acids is 2. The maximum atomic E-state index is 12.6. The van der Waals surface area contributed by atoms with Crippen LogP contribution in [0.3, 0.4) is 0 Å². The predicted octanol–water partition coefficient (Wildman–Crippen LogP) is 1.36. The summed E-state index contributed by atoms with van der Waals surface area (Å²) in [6.45, 7) is 5.17. The molecule has 0 bridgehead atoms. The molecule has 2 amide bonds. The number of hydrogen-bond acceptors (Lipinski definition) is 4. The second-order valence-corrected chi connectivity index (χ2v) is 5.54. The predicted molar refractivity (Wildman–Crippen MR) is 80.5 cm³/mol. The number of aryl methyl sites for hydroxylation is 1. The van der Waals surface area contributed by atoms with Crippen molar-refractivity contribution in [3.05, 3.63) is 21.9 Å². The third kappa shape index (κ3) is 4.56. The molecule has 1 atom stereocenters. The van der Waals surface area contributed by atoms with Gasteiger partial charge in [0.25, 0.3) is 5.91 Å². The molecule has 0 aliphatic carbocycles. The van der Waals surface area contributed by atoms with Gasteiger partial charge in [0.1, 0.15) is 6.04 Å². The standard InChI is InChI=1S/C14H20N2O4S/c1-4-11-5-8-21-12(11)13(18)16(9(2)14(19)20)7-6-15-10(3)17/h5,8-9H,4,6-7H2,1-3H3,(H,15,17)(H,19,20). The van der Waals surface area contributed by atoms with Gasteiger partial charge in [-0.05, 0) is 30.4 Å². The highest BCUT2D eigenvalue weighted by atomic mass is 32.1. The Morgan fingerprint density at radius 2 is 2.10 bits per heavy atom. The van der Waals surface area contributed by atoms with Gasteiger partial charge >= 0.3 is 5.97 Å². The zero-order valence-corrected chi connectivity index (χ0v) is 13.2. The average Bonchev–Trinajstić information content (AvgIpc) is 2.90. The van der Waals surface area contributed by atoms with Gasteiger partial charge < -0.3 is 15.3 Å². The molecule has 0 aliphatic rings. The molecule has 1 unspecified atom stereocenters. The first-order chi connectivity index (χ1) is 9.88. The number of rotatable bonds is 7. The number of carboxylic acid groups (broad SMARTS) is 1. The maximum absolute atomic E-state index is 12.6. The smallest absolute Gasteiger partial charge is 0.326 e. The molecule has 0 radical (unpaired) electrons. The molecule has 1 aromatic rings. The van der Waals surface area contributed by atoms with Gasteiger partial charge in [0.05, 0.1) is 4.88 Å². The first kappa shape index (κ1) is 17.2. The Hall–Kier alpha value is -1.89. The fraction of sp³-hybridized carbons (Fsp3) is 0.500. The summed E-state index contributed by atoms with van der Waals surface area (Å²) in [5.74, 6) is -1.58. The van der Waals surface area contributed by atoms with E-state index in [1.54, 1.807) is 0 Å². The van der Waals surface area contributed by atoms with Gasteiger partial charge in [0, 0.05) is 20.0 Å². The molecule has 1 heterocycles. The molecule has 1 aromatic heterocycles. The van der Waals surface area contributed by atoms with Crippen LogP contribution in [-0.2, 0) is 16.0 Å². The number of thiophene rings is 1. The third-order valence-electron chi connectivity index (χ3n) is 3.13. The highest BCUT2D eigenvalue weighted by Crippen LogP contribution is 2.20. The van der Waals surface area contributed by atoms with E-state index >= 15 is 0 Å². The van der Waals surface area contributed by atoms with Gasteiger partial charge in [0.2, 0.25) is 5.91 Å². The van der Waals surface area contributed by atoms with Crippen LogP contribution in [0.2, 0.25) is 0 Å². The largest absolute Gasteiger partial charge is 0.480 e. The van der Waals surface area contributed by atoms with Gasteiger partial charge in [-0.25, -0.2) is 4.79 Å². The Labute approximate surface area is 127 Å². The number of aliphatic carboxylic acids is 1. The first-order valence-corrected chi connectivity index (χ1v) is 7.61. The second-order valence-electron chi connectivity index (χ2n) is 4.62. The van der Waals surface area contributed by atoms with Gasteiger partial charge in [-0.2, -0.15) is 0 Å². The van der Waals surface area contributed by atoms with E-state index in [1.165, 1.54) is 30.1 Å². The summed E-state index contributed by atoms with van der Waals surface area (Å²) in [6.07, 6.45) is 0.714. The van der Waals surface area contributed by atoms with Crippen molar-refractivity contribution in [3.63, 3.8) is 0 Å². The molecule has 0 saturated heterocycles. The summed E-state index contributed by atoms with van der Waals surface area (Å²) in [6, 6.07) is 0.924. The summed E-state index contributed by atoms with van der Waals surface area (Å²) in [5, 5.41) is 13.6. The van der Waals surface area contributed by atoms with Crippen molar-refractivity contribution < 1.29 is 19.5 Å². The minimum Gasteiger partial charge on any atom is -0.480 e. The molecule has 0 saturated carbocycles.